The third kappa shape index (κ3) is 5.15. The zero-order chi connectivity index (χ0) is 23.5. The number of amides is 1. The van der Waals surface area contributed by atoms with E-state index in [1.165, 1.54) is 11.8 Å². The fraction of sp³-hybridized carbons (Fsp3) is 0.500. The number of carbonyl (C=O) groups excluding carboxylic acids is 1. The van der Waals surface area contributed by atoms with Gasteiger partial charge in [0, 0.05) is 38.9 Å². The van der Waals surface area contributed by atoms with Crippen molar-refractivity contribution in [2.24, 2.45) is 0 Å². The monoisotopic (exact) mass is 485 g/mol. The average molecular weight is 486 g/mol. The molecule has 33 heavy (non-hydrogen) atoms. The molecule has 0 unspecified atom stereocenters. The van der Waals surface area contributed by atoms with Gasteiger partial charge >= 0.3 is 0 Å². The summed E-state index contributed by atoms with van der Waals surface area (Å²) < 4.78 is 2.14. The van der Waals surface area contributed by atoms with Crippen LogP contribution in [0.15, 0.2) is 28.0 Å². The minimum absolute atomic E-state index is 0.112. The van der Waals surface area contributed by atoms with Gasteiger partial charge in [0.05, 0.1) is 10.5 Å². The minimum atomic E-state index is -0.161. The number of likely N-dealkylation sites (N-methyl/N-ethyl adjacent to an activating group) is 1. The van der Waals surface area contributed by atoms with E-state index in [2.05, 4.69) is 23.8 Å². The first kappa shape index (κ1) is 23.9. The molecule has 0 radical (unpaired) electrons. The third-order valence-electron chi connectivity index (χ3n) is 6.17. The second kappa shape index (κ2) is 10.4. The highest BCUT2D eigenvalue weighted by Crippen LogP contribution is 2.34. The smallest absolute Gasteiger partial charge is 0.267 e. The molecule has 1 amide bonds. The van der Waals surface area contributed by atoms with Crippen molar-refractivity contribution in [2.75, 3.05) is 44.7 Å². The first-order valence-corrected chi connectivity index (χ1v) is 12.8. The topological polar surface area (TPSA) is 61.2 Å². The Morgan fingerprint density at radius 1 is 1.12 bits per heavy atom. The van der Waals surface area contributed by atoms with Crippen LogP contribution >= 0.6 is 24.0 Å². The molecule has 0 atom stereocenters. The number of aromatic nitrogens is 2. The summed E-state index contributed by atoms with van der Waals surface area (Å²) in [5, 5.41) is 0. The third-order valence-corrected chi connectivity index (χ3v) is 7.55. The molecule has 0 aliphatic carbocycles. The molecule has 2 aromatic rings. The molecule has 2 aromatic heterocycles. The summed E-state index contributed by atoms with van der Waals surface area (Å²) >= 11 is 6.78. The van der Waals surface area contributed by atoms with Crippen LogP contribution in [0.4, 0.5) is 5.82 Å². The van der Waals surface area contributed by atoms with E-state index in [-0.39, 0.29) is 11.5 Å². The van der Waals surface area contributed by atoms with E-state index in [0.29, 0.717) is 32.8 Å². The van der Waals surface area contributed by atoms with E-state index in [0.717, 1.165) is 57.4 Å². The van der Waals surface area contributed by atoms with Gasteiger partial charge in [0.25, 0.3) is 11.5 Å². The van der Waals surface area contributed by atoms with Crippen LogP contribution in [0.3, 0.4) is 0 Å². The van der Waals surface area contributed by atoms with Gasteiger partial charge in [-0.05, 0) is 38.1 Å². The first-order chi connectivity index (χ1) is 15.9. The van der Waals surface area contributed by atoms with Crippen molar-refractivity contribution in [2.45, 2.75) is 39.5 Å². The molecule has 0 aromatic carbocycles. The van der Waals surface area contributed by atoms with Crippen molar-refractivity contribution >= 4 is 51.7 Å². The normalized spacial score (nSPS) is 18.8. The number of pyridine rings is 1. The number of unbranched alkanes of at least 4 members (excludes halogenated alkanes) is 3. The molecule has 7 nitrogen and oxygen atoms in total. The van der Waals surface area contributed by atoms with Crippen LogP contribution in [0.2, 0.25) is 0 Å². The number of hydrogen-bond acceptors (Lipinski definition) is 7. The summed E-state index contributed by atoms with van der Waals surface area (Å²) in [6.07, 6.45) is 7.82. The van der Waals surface area contributed by atoms with E-state index in [1.807, 2.05) is 19.1 Å². The Morgan fingerprint density at radius 3 is 2.61 bits per heavy atom. The molecule has 4 rings (SSSR count). The largest absolute Gasteiger partial charge is 0.353 e. The van der Waals surface area contributed by atoms with Crippen molar-refractivity contribution in [1.29, 1.82) is 0 Å². The maximum absolute atomic E-state index is 13.6. The summed E-state index contributed by atoms with van der Waals surface area (Å²) in [7, 11) is 2.09. The molecular formula is C24H31N5O2S2. The molecule has 0 spiro atoms. The Bertz CT molecular complexity index is 1150. The van der Waals surface area contributed by atoms with Gasteiger partial charge in [-0.1, -0.05) is 56.2 Å². The van der Waals surface area contributed by atoms with Crippen LogP contribution in [-0.2, 0) is 4.79 Å². The molecule has 0 N–H and O–H groups in total. The molecule has 2 aliphatic heterocycles. The average Bonchev–Trinajstić information content (AvgIpc) is 3.06. The second-order valence-corrected chi connectivity index (χ2v) is 10.4. The first-order valence-electron chi connectivity index (χ1n) is 11.6. The van der Waals surface area contributed by atoms with Crippen LogP contribution < -0.4 is 10.5 Å². The summed E-state index contributed by atoms with van der Waals surface area (Å²) in [5.41, 5.74) is 1.88. The minimum Gasteiger partial charge on any atom is -0.353 e. The van der Waals surface area contributed by atoms with Crippen LogP contribution in [0, 0.1) is 6.92 Å². The van der Waals surface area contributed by atoms with E-state index in [1.54, 1.807) is 21.6 Å². The fourth-order valence-electron chi connectivity index (χ4n) is 4.15. The molecule has 2 saturated heterocycles. The zero-order valence-corrected chi connectivity index (χ0v) is 21.2. The number of anilines is 1. The van der Waals surface area contributed by atoms with Gasteiger partial charge in [0.1, 0.15) is 15.8 Å². The van der Waals surface area contributed by atoms with E-state index < -0.39 is 0 Å². The molecule has 2 fully saturated rings. The van der Waals surface area contributed by atoms with Gasteiger partial charge in [0.2, 0.25) is 0 Å². The van der Waals surface area contributed by atoms with E-state index >= 15 is 0 Å². The summed E-state index contributed by atoms with van der Waals surface area (Å²) in [6, 6.07) is 3.83. The number of hydrogen-bond donors (Lipinski definition) is 0. The maximum atomic E-state index is 13.6. The molecular weight excluding hydrogens is 454 g/mol. The molecule has 0 bridgehead atoms. The Balaban J connectivity index is 1.72. The van der Waals surface area contributed by atoms with Crippen molar-refractivity contribution in [1.82, 2.24) is 19.2 Å². The van der Waals surface area contributed by atoms with Crippen LogP contribution in [0.1, 0.15) is 43.7 Å². The van der Waals surface area contributed by atoms with Crippen LogP contribution in [-0.4, -0.2) is 69.2 Å². The highest BCUT2D eigenvalue weighted by Gasteiger charge is 2.32. The molecule has 9 heteroatoms. The number of fused-ring (bicyclic) bond motifs is 1. The molecule has 0 saturated carbocycles. The summed E-state index contributed by atoms with van der Waals surface area (Å²) in [6.45, 7) is 8.10. The van der Waals surface area contributed by atoms with Crippen LogP contribution in [0.25, 0.3) is 11.7 Å². The van der Waals surface area contributed by atoms with Gasteiger partial charge in [-0.15, -0.1) is 0 Å². The SMILES string of the molecule is CCCCCCN1C(=O)C(=Cc2c(N3CCN(C)CC3)nc3ccc(C)cn3c2=O)SC1=S. The van der Waals surface area contributed by atoms with Gasteiger partial charge in [-0.3, -0.25) is 18.9 Å². The highest BCUT2D eigenvalue weighted by molar-refractivity contribution is 8.26. The van der Waals surface area contributed by atoms with E-state index in [9.17, 15) is 9.59 Å². The number of carbonyl (C=O) groups is 1. The van der Waals surface area contributed by atoms with Gasteiger partial charge in [-0.2, -0.15) is 0 Å². The zero-order valence-electron chi connectivity index (χ0n) is 19.5. The molecule has 176 valence electrons. The fourth-order valence-corrected chi connectivity index (χ4v) is 5.44. The number of thioether (sulfide) groups is 1. The van der Waals surface area contributed by atoms with E-state index in [4.69, 9.17) is 17.2 Å². The van der Waals surface area contributed by atoms with Crippen molar-refractivity contribution < 1.29 is 4.79 Å². The second-order valence-electron chi connectivity index (χ2n) is 8.77. The lowest BCUT2D eigenvalue weighted by Crippen LogP contribution is -2.45. The number of thiocarbonyl (C=S) groups is 1. The Morgan fingerprint density at radius 2 is 1.88 bits per heavy atom. The highest BCUT2D eigenvalue weighted by atomic mass is 32.2. The predicted molar refractivity (Wildman–Crippen MR) is 140 cm³/mol. The number of piperazine rings is 1. The van der Waals surface area contributed by atoms with Crippen molar-refractivity contribution in [3.05, 3.63) is 44.7 Å². The maximum Gasteiger partial charge on any atom is 0.267 e. The standard InChI is InChI=1S/C24H31N5O2S2/c1-4-5-6-7-10-28-23(31)19(33-24(28)32)15-18-21(27-13-11-26(3)12-14-27)25-20-9-8-17(2)16-29(20)22(18)30/h8-9,15-16H,4-7,10-14H2,1-3H3. The predicted octanol–water partition coefficient (Wildman–Crippen LogP) is 3.54. The Kier molecular flexibility index (Phi) is 7.51. The molecule has 2 aliphatic rings. The van der Waals surface area contributed by atoms with Gasteiger partial charge in [-0.25, -0.2) is 4.98 Å². The quantitative estimate of drug-likeness (QED) is 0.338. The Labute approximate surface area is 204 Å². The van der Waals surface area contributed by atoms with Crippen molar-refractivity contribution in [3.8, 4) is 0 Å². The lowest BCUT2D eigenvalue weighted by atomic mass is 10.2. The number of nitrogens with zero attached hydrogens (tertiary/aromatic N) is 5. The number of rotatable bonds is 7. The summed E-state index contributed by atoms with van der Waals surface area (Å²) in [4.78, 5) is 38.2. The van der Waals surface area contributed by atoms with Gasteiger partial charge in [0.15, 0.2) is 0 Å². The lowest BCUT2D eigenvalue weighted by Gasteiger charge is -2.34. The summed E-state index contributed by atoms with van der Waals surface area (Å²) in [5.74, 6) is 0.532. The lowest BCUT2D eigenvalue weighted by molar-refractivity contribution is -0.122. The van der Waals surface area contributed by atoms with Crippen LogP contribution in [0.5, 0.6) is 0 Å². The number of aryl methyl sites for hydroxylation is 1. The van der Waals surface area contributed by atoms with Crippen molar-refractivity contribution in [3.63, 3.8) is 0 Å². The Hall–Kier alpha value is -2.23. The van der Waals surface area contributed by atoms with Gasteiger partial charge < -0.3 is 9.80 Å². The molecule has 4 heterocycles.